The molecule has 1 saturated heterocycles. The Morgan fingerprint density at radius 3 is 2.57 bits per heavy atom. The van der Waals surface area contributed by atoms with Gasteiger partial charge in [-0.1, -0.05) is 6.07 Å². The van der Waals surface area contributed by atoms with Gasteiger partial charge in [0.05, 0.1) is 26.2 Å². The first-order chi connectivity index (χ1) is 13.3. The van der Waals surface area contributed by atoms with Crippen molar-refractivity contribution in [3.8, 4) is 16.9 Å². The summed E-state index contributed by atoms with van der Waals surface area (Å²) in [5.74, 6) is -0.482. The molecule has 1 aliphatic rings. The minimum Gasteiger partial charge on any atom is -0.507 e. The third-order valence-corrected chi connectivity index (χ3v) is 5.11. The molecule has 1 aliphatic heterocycles. The summed E-state index contributed by atoms with van der Waals surface area (Å²) >= 11 is 0. The molecule has 5 nitrogen and oxygen atoms in total. The Kier molecular flexibility index (Phi) is 6.01. The van der Waals surface area contributed by atoms with E-state index in [4.69, 9.17) is 15.2 Å². The molecule has 0 aliphatic carbocycles. The van der Waals surface area contributed by atoms with Gasteiger partial charge in [0.15, 0.2) is 0 Å². The maximum Gasteiger partial charge on any atom is 0.307 e. The third kappa shape index (κ3) is 4.03. The van der Waals surface area contributed by atoms with Gasteiger partial charge in [0.2, 0.25) is 0 Å². The quantitative estimate of drug-likeness (QED) is 0.735. The van der Waals surface area contributed by atoms with Crippen molar-refractivity contribution in [3.05, 3.63) is 52.3 Å². The molecule has 1 heterocycles. The predicted molar refractivity (Wildman–Crippen MR) is 105 cm³/mol. The van der Waals surface area contributed by atoms with Gasteiger partial charge in [-0.3, -0.25) is 4.79 Å². The van der Waals surface area contributed by atoms with Crippen LogP contribution in [0.5, 0.6) is 5.75 Å². The third-order valence-electron chi connectivity index (χ3n) is 5.11. The van der Waals surface area contributed by atoms with Crippen LogP contribution < -0.4 is 5.73 Å². The number of rotatable bonds is 6. The molecule has 1 fully saturated rings. The molecule has 2 aromatic carbocycles. The van der Waals surface area contributed by atoms with E-state index in [9.17, 15) is 14.3 Å². The molecule has 0 radical (unpaired) electrons. The normalized spacial score (nSPS) is 15.2. The van der Waals surface area contributed by atoms with Crippen LogP contribution in [0.1, 0.15) is 47.6 Å². The zero-order valence-electron chi connectivity index (χ0n) is 16.4. The number of nitrogens with two attached hydrogens (primary N) is 1. The van der Waals surface area contributed by atoms with Gasteiger partial charge >= 0.3 is 5.97 Å². The Balaban J connectivity index is 1.99. The lowest BCUT2D eigenvalue weighted by Crippen LogP contribution is -2.25. The van der Waals surface area contributed by atoms with Gasteiger partial charge in [-0.25, -0.2) is 4.39 Å². The molecule has 1 atom stereocenters. The number of benzene rings is 2. The van der Waals surface area contributed by atoms with Crippen molar-refractivity contribution < 1.29 is 23.8 Å². The maximum atomic E-state index is 14.7. The van der Waals surface area contributed by atoms with Crippen LogP contribution in [0.25, 0.3) is 11.1 Å². The van der Waals surface area contributed by atoms with Crippen LogP contribution in [0.3, 0.4) is 0 Å². The number of phenolic OH excluding ortho intramolecular Hbond substituents is 1. The van der Waals surface area contributed by atoms with E-state index >= 15 is 0 Å². The summed E-state index contributed by atoms with van der Waals surface area (Å²) in [6.45, 7) is 6.82. The molecular formula is C22H26FNO4. The number of hydrogen-bond donors (Lipinski definition) is 2. The molecule has 28 heavy (non-hydrogen) atoms. The molecule has 3 N–H and O–H groups in total. The lowest BCUT2D eigenvalue weighted by molar-refractivity contribution is -0.143. The second-order valence-electron chi connectivity index (χ2n) is 7.28. The Labute approximate surface area is 164 Å². The zero-order chi connectivity index (χ0) is 20.4. The fourth-order valence-electron chi connectivity index (χ4n) is 3.56. The average molecular weight is 387 g/mol. The number of phenols is 1. The number of halogens is 1. The molecule has 0 saturated carbocycles. The Morgan fingerprint density at radius 2 is 2.00 bits per heavy atom. The minimum atomic E-state index is -0.827. The topological polar surface area (TPSA) is 81.8 Å². The monoisotopic (exact) mass is 387 g/mol. The standard InChI is InChI=1S/C22H26FNO4/c1-4-28-20(26)9-18(24)17-7-15(6-13(3)22(17)23)21-12(2)5-14(8-19(21)25)16-10-27-11-16/h5-8,16,18,25H,4,9-11,24H2,1-3H3/t18-/m0/s1. The SMILES string of the molecule is CCOC(=O)C[C@H](N)c1cc(-c2c(C)cc(C3COC3)cc2O)cc(C)c1F. The number of carbonyl (C=O) groups excluding carboxylic acids is 1. The van der Waals surface area contributed by atoms with Gasteiger partial charge in [-0.15, -0.1) is 0 Å². The minimum absolute atomic E-state index is 0.112. The summed E-state index contributed by atoms with van der Waals surface area (Å²) in [4.78, 5) is 11.7. The van der Waals surface area contributed by atoms with Crippen LogP contribution in [-0.2, 0) is 14.3 Å². The van der Waals surface area contributed by atoms with Crippen LogP contribution in [0.15, 0.2) is 24.3 Å². The molecule has 0 aromatic heterocycles. The number of aryl methyl sites for hydroxylation is 2. The summed E-state index contributed by atoms with van der Waals surface area (Å²) in [6.07, 6.45) is -0.112. The van der Waals surface area contributed by atoms with Crippen LogP contribution in [0.4, 0.5) is 4.39 Å². The van der Waals surface area contributed by atoms with Crippen molar-refractivity contribution in [3.63, 3.8) is 0 Å². The van der Waals surface area contributed by atoms with Crippen molar-refractivity contribution in [2.24, 2.45) is 5.73 Å². The summed E-state index contributed by atoms with van der Waals surface area (Å²) < 4.78 is 24.8. The van der Waals surface area contributed by atoms with Gasteiger partial charge in [0, 0.05) is 23.1 Å². The number of esters is 1. The maximum absolute atomic E-state index is 14.7. The zero-order valence-corrected chi connectivity index (χ0v) is 16.4. The highest BCUT2D eigenvalue weighted by Crippen LogP contribution is 2.39. The average Bonchev–Trinajstić information content (AvgIpc) is 2.55. The smallest absolute Gasteiger partial charge is 0.307 e. The van der Waals surface area contributed by atoms with Crippen molar-refractivity contribution in [2.75, 3.05) is 19.8 Å². The van der Waals surface area contributed by atoms with Crippen LogP contribution in [0, 0.1) is 19.7 Å². The predicted octanol–water partition coefficient (Wildman–Crippen LogP) is 3.88. The number of hydrogen-bond acceptors (Lipinski definition) is 5. The van der Waals surface area contributed by atoms with E-state index in [2.05, 4.69) is 0 Å². The van der Waals surface area contributed by atoms with Crippen LogP contribution in [0.2, 0.25) is 0 Å². The van der Waals surface area contributed by atoms with Crippen molar-refractivity contribution in [1.82, 2.24) is 0 Å². The summed E-state index contributed by atoms with van der Waals surface area (Å²) in [5.41, 5.74) is 9.95. The Morgan fingerprint density at radius 1 is 1.29 bits per heavy atom. The lowest BCUT2D eigenvalue weighted by atomic mass is 9.89. The summed E-state index contributed by atoms with van der Waals surface area (Å²) in [6, 6.07) is 6.24. The summed E-state index contributed by atoms with van der Waals surface area (Å²) in [7, 11) is 0. The first-order valence-electron chi connectivity index (χ1n) is 9.44. The van der Waals surface area contributed by atoms with Gasteiger partial charge in [-0.2, -0.15) is 0 Å². The Hall–Kier alpha value is -2.44. The van der Waals surface area contributed by atoms with E-state index in [0.717, 1.165) is 11.1 Å². The first kappa shape index (κ1) is 20.3. The van der Waals surface area contributed by atoms with E-state index in [-0.39, 0.29) is 24.3 Å². The van der Waals surface area contributed by atoms with Crippen molar-refractivity contribution >= 4 is 5.97 Å². The first-order valence-corrected chi connectivity index (χ1v) is 9.44. The molecule has 0 unspecified atom stereocenters. The van der Waals surface area contributed by atoms with E-state index in [1.807, 2.05) is 13.0 Å². The van der Waals surface area contributed by atoms with Crippen LogP contribution >= 0.6 is 0 Å². The van der Waals surface area contributed by atoms with E-state index in [1.165, 1.54) is 0 Å². The van der Waals surface area contributed by atoms with Gasteiger partial charge in [-0.05, 0) is 61.2 Å². The second kappa shape index (κ2) is 8.29. The van der Waals surface area contributed by atoms with Crippen LogP contribution in [-0.4, -0.2) is 30.9 Å². The molecule has 2 aromatic rings. The molecular weight excluding hydrogens is 361 g/mol. The van der Waals surface area contributed by atoms with Gasteiger partial charge in [0.1, 0.15) is 11.6 Å². The molecule has 150 valence electrons. The number of aromatic hydroxyl groups is 1. The fraction of sp³-hybridized carbons (Fsp3) is 0.409. The molecule has 0 spiro atoms. The molecule has 6 heteroatoms. The lowest BCUT2D eigenvalue weighted by Gasteiger charge is -2.27. The fourth-order valence-corrected chi connectivity index (χ4v) is 3.56. The highest BCUT2D eigenvalue weighted by Gasteiger charge is 2.24. The highest BCUT2D eigenvalue weighted by atomic mass is 19.1. The highest BCUT2D eigenvalue weighted by molar-refractivity contribution is 5.76. The Bertz CT molecular complexity index is 869. The second-order valence-corrected chi connectivity index (χ2v) is 7.28. The van der Waals surface area contributed by atoms with E-state index in [0.29, 0.717) is 35.8 Å². The molecule has 0 bridgehead atoms. The number of carbonyl (C=O) groups is 1. The molecule has 3 rings (SSSR count). The van der Waals surface area contributed by atoms with Gasteiger partial charge < -0.3 is 20.3 Å². The van der Waals surface area contributed by atoms with Crippen molar-refractivity contribution in [1.29, 1.82) is 0 Å². The summed E-state index contributed by atoms with van der Waals surface area (Å²) in [5, 5.41) is 10.7. The number of ether oxygens (including phenoxy) is 2. The van der Waals surface area contributed by atoms with Gasteiger partial charge in [0.25, 0.3) is 0 Å². The van der Waals surface area contributed by atoms with Crippen molar-refractivity contribution in [2.45, 2.75) is 39.2 Å². The van der Waals surface area contributed by atoms with E-state index in [1.54, 1.807) is 32.0 Å². The largest absolute Gasteiger partial charge is 0.507 e. The molecule has 0 amide bonds. The van der Waals surface area contributed by atoms with E-state index < -0.39 is 17.8 Å².